The lowest BCUT2D eigenvalue weighted by Crippen LogP contribution is -2.11. The molecule has 0 aliphatic heterocycles. The van der Waals surface area contributed by atoms with Gasteiger partial charge in [0.05, 0.1) is 11.9 Å². The molecular formula is C15H15N3O2. The fourth-order valence-electron chi connectivity index (χ4n) is 1.82. The molecule has 2 aromatic rings. The van der Waals surface area contributed by atoms with Crippen molar-refractivity contribution in [2.45, 2.75) is 6.92 Å². The molecule has 0 fully saturated rings. The van der Waals surface area contributed by atoms with Crippen molar-refractivity contribution in [3.63, 3.8) is 0 Å². The molecule has 2 rings (SSSR count). The van der Waals surface area contributed by atoms with Crippen LogP contribution in [0.15, 0.2) is 30.6 Å². The standard InChI is InChI=1S/C15H15N3O2/c1-11-6-12(4-3-5-19)8-13(7-11)15(20)17-14-9-16-18(2)10-14/h6-10,19H,5H2,1-2H3,(H,17,20). The fraction of sp³-hybridized carbons (Fsp3) is 0.200. The molecule has 1 aromatic heterocycles. The van der Waals surface area contributed by atoms with Crippen molar-refractivity contribution < 1.29 is 9.90 Å². The van der Waals surface area contributed by atoms with Gasteiger partial charge in [0.2, 0.25) is 0 Å². The molecule has 1 heterocycles. The van der Waals surface area contributed by atoms with E-state index in [2.05, 4.69) is 22.3 Å². The summed E-state index contributed by atoms with van der Waals surface area (Å²) in [6.07, 6.45) is 3.31. The maximum absolute atomic E-state index is 12.2. The molecule has 2 N–H and O–H groups in total. The van der Waals surface area contributed by atoms with E-state index in [1.807, 2.05) is 13.0 Å². The predicted molar refractivity (Wildman–Crippen MR) is 76.3 cm³/mol. The summed E-state index contributed by atoms with van der Waals surface area (Å²) in [7, 11) is 1.78. The van der Waals surface area contributed by atoms with Gasteiger partial charge in [0.25, 0.3) is 5.91 Å². The third kappa shape index (κ3) is 3.46. The first-order chi connectivity index (χ1) is 9.58. The zero-order valence-corrected chi connectivity index (χ0v) is 11.3. The molecule has 1 amide bonds. The molecule has 0 unspecified atom stereocenters. The van der Waals surface area contributed by atoms with Gasteiger partial charge in [0.1, 0.15) is 6.61 Å². The Morgan fingerprint density at radius 2 is 2.25 bits per heavy atom. The van der Waals surface area contributed by atoms with E-state index in [1.54, 1.807) is 36.3 Å². The van der Waals surface area contributed by atoms with Crippen molar-refractivity contribution in [2.24, 2.45) is 7.05 Å². The van der Waals surface area contributed by atoms with E-state index in [9.17, 15) is 4.79 Å². The second kappa shape index (κ2) is 6.04. The summed E-state index contributed by atoms with van der Waals surface area (Å²) in [4.78, 5) is 12.2. The van der Waals surface area contributed by atoms with E-state index >= 15 is 0 Å². The van der Waals surface area contributed by atoms with Crippen LogP contribution < -0.4 is 5.32 Å². The number of nitrogens with zero attached hydrogens (tertiary/aromatic N) is 2. The van der Waals surface area contributed by atoms with E-state index in [-0.39, 0.29) is 12.5 Å². The van der Waals surface area contributed by atoms with Crippen molar-refractivity contribution >= 4 is 11.6 Å². The van der Waals surface area contributed by atoms with Crippen LogP contribution in [0.2, 0.25) is 0 Å². The van der Waals surface area contributed by atoms with Crippen LogP contribution in [0.1, 0.15) is 21.5 Å². The minimum atomic E-state index is -0.214. The Hall–Kier alpha value is -2.58. The van der Waals surface area contributed by atoms with Crippen LogP contribution in [0.3, 0.4) is 0 Å². The fourth-order valence-corrected chi connectivity index (χ4v) is 1.82. The number of benzene rings is 1. The van der Waals surface area contributed by atoms with Crippen LogP contribution in [0.5, 0.6) is 0 Å². The zero-order valence-electron chi connectivity index (χ0n) is 11.3. The van der Waals surface area contributed by atoms with E-state index in [0.29, 0.717) is 16.8 Å². The molecule has 20 heavy (non-hydrogen) atoms. The number of carbonyl (C=O) groups is 1. The second-order valence-corrected chi connectivity index (χ2v) is 4.40. The van der Waals surface area contributed by atoms with E-state index in [1.165, 1.54) is 0 Å². The molecule has 0 aliphatic carbocycles. The molecule has 0 aliphatic rings. The molecule has 0 saturated heterocycles. The third-order valence-electron chi connectivity index (χ3n) is 2.61. The molecule has 0 atom stereocenters. The van der Waals surface area contributed by atoms with Crippen molar-refractivity contribution in [3.05, 3.63) is 47.3 Å². The third-order valence-corrected chi connectivity index (χ3v) is 2.61. The van der Waals surface area contributed by atoms with Gasteiger partial charge in [0.15, 0.2) is 0 Å². The number of hydrogen-bond acceptors (Lipinski definition) is 3. The number of aromatic nitrogens is 2. The van der Waals surface area contributed by atoms with Gasteiger partial charge in [-0.05, 0) is 30.7 Å². The van der Waals surface area contributed by atoms with E-state index in [0.717, 1.165) is 5.56 Å². The van der Waals surface area contributed by atoms with Gasteiger partial charge in [-0.1, -0.05) is 11.8 Å². The molecular weight excluding hydrogens is 254 g/mol. The average molecular weight is 269 g/mol. The number of hydrogen-bond donors (Lipinski definition) is 2. The summed E-state index contributed by atoms with van der Waals surface area (Å²) in [6, 6.07) is 5.35. The van der Waals surface area contributed by atoms with Crippen LogP contribution >= 0.6 is 0 Å². The zero-order chi connectivity index (χ0) is 14.5. The number of amides is 1. The van der Waals surface area contributed by atoms with Gasteiger partial charge in [0, 0.05) is 24.4 Å². The van der Waals surface area contributed by atoms with Gasteiger partial charge in [-0.3, -0.25) is 9.48 Å². The number of nitrogens with one attached hydrogen (secondary N) is 1. The molecule has 0 spiro atoms. The monoisotopic (exact) mass is 269 g/mol. The second-order valence-electron chi connectivity index (χ2n) is 4.40. The molecule has 0 saturated carbocycles. The van der Waals surface area contributed by atoms with Crippen LogP contribution in [-0.4, -0.2) is 27.4 Å². The lowest BCUT2D eigenvalue weighted by Gasteiger charge is -2.04. The highest BCUT2D eigenvalue weighted by Gasteiger charge is 2.08. The quantitative estimate of drug-likeness (QED) is 0.808. The highest BCUT2D eigenvalue weighted by atomic mass is 16.2. The highest BCUT2D eigenvalue weighted by molar-refractivity contribution is 6.04. The number of anilines is 1. The summed E-state index contributed by atoms with van der Waals surface area (Å²) in [6.45, 7) is 1.69. The average Bonchev–Trinajstić information content (AvgIpc) is 2.81. The lowest BCUT2D eigenvalue weighted by atomic mass is 10.1. The Bertz CT molecular complexity index is 693. The maximum Gasteiger partial charge on any atom is 0.255 e. The molecule has 5 nitrogen and oxygen atoms in total. The SMILES string of the molecule is Cc1cc(C#CCO)cc(C(=O)Nc2cnn(C)c2)c1. The van der Waals surface area contributed by atoms with Gasteiger partial charge in [-0.15, -0.1) is 0 Å². The van der Waals surface area contributed by atoms with E-state index < -0.39 is 0 Å². The van der Waals surface area contributed by atoms with Crippen molar-refractivity contribution in [1.29, 1.82) is 0 Å². The first-order valence-electron chi connectivity index (χ1n) is 6.10. The van der Waals surface area contributed by atoms with Crippen molar-refractivity contribution in [1.82, 2.24) is 9.78 Å². The Kier molecular flexibility index (Phi) is 4.18. The van der Waals surface area contributed by atoms with Crippen LogP contribution in [0.4, 0.5) is 5.69 Å². The summed E-state index contributed by atoms with van der Waals surface area (Å²) in [5.41, 5.74) is 2.81. The normalized spacial score (nSPS) is 9.75. The van der Waals surface area contributed by atoms with Gasteiger partial charge >= 0.3 is 0 Å². The summed E-state index contributed by atoms with van der Waals surface area (Å²) < 4.78 is 1.62. The molecule has 1 aromatic carbocycles. The molecule has 102 valence electrons. The molecule has 5 heteroatoms. The smallest absolute Gasteiger partial charge is 0.255 e. The first-order valence-corrected chi connectivity index (χ1v) is 6.10. The minimum absolute atomic E-state index is 0.203. The Morgan fingerprint density at radius 1 is 1.45 bits per heavy atom. The number of carbonyl (C=O) groups excluding carboxylic acids is 1. The van der Waals surface area contributed by atoms with Crippen molar-refractivity contribution in [3.8, 4) is 11.8 Å². The van der Waals surface area contributed by atoms with Gasteiger partial charge in [-0.25, -0.2) is 0 Å². The molecule has 0 radical (unpaired) electrons. The summed E-state index contributed by atoms with van der Waals surface area (Å²) in [5.74, 6) is 5.16. The minimum Gasteiger partial charge on any atom is -0.384 e. The first kappa shape index (κ1) is 13.8. The number of aryl methyl sites for hydroxylation is 2. The number of rotatable bonds is 2. The van der Waals surface area contributed by atoms with E-state index in [4.69, 9.17) is 5.11 Å². The number of aliphatic hydroxyl groups is 1. The maximum atomic E-state index is 12.2. The number of aliphatic hydroxyl groups excluding tert-OH is 1. The molecule has 0 bridgehead atoms. The van der Waals surface area contributed by atoms with Crippen LogP contribution in [0.25, 0.3) is 0 Å². The predicted octanol–water partition coefficient (Wildman–Crippen LogP) is 1.32. The Morgan fingerprint density at radius 3 is 2.90 bits per heavy atom. The highest BCUT2D eigenvalue weighted by Crippen LogP contribution is 2.12. The summed E-state index contributed by atoms with van der Waals surface area (Å²) in [5, 5.41) is 15.5. The van der Waals surface area contributed by atoms with Crippen LogP contribution in [-0.2, 0) is 7.05 Å². The van der Waals surface area contributed by atoms with Crippen molar-refractivity contribution in [2.75, 3.05) is 11.9 Å². The Labute approximate surface area is 117 Å². The largest absolute Gasteiger partial charge is 0.384 e. The topological polar surface area (TPSA) is 67.2 Å². The summed E-state index contributed by atoms with van der Waals surface area (Å²) >= 11 is 0. The van der Waals surface area contributed by atoms with Gasteiger partial charge < -0.3 is 10.4 Å². The van der Waals surface area contributed by atoms with Crippen LogP contribution in [0, 0.1) is 18.8 Å². The lowest BCUT2D eigenvalue weighted by molar-refractivity contribution is 0.102. The van der Waals surface area contributed by atoms with Gasteiger partial charge in [-0.2, -0.15) is 5.10 Å². The Balaban J connectivity index is 2.23.